The molecule has 2 amide bonds. The highest BCUT2D eigenvalue weighted by atomic mass is 35.5. The van der Waals surface area contributed by atoms with E-state index in [9.17, 15) is 18.0 Å². The van der Waals surface area contributed by atoms with Gasteiger partial charge in [0.2, 0.25) is 11.8 Å². The summed E-state index contributed by atoms with van der Waals surface area (Å²) in [5.41, 5.74) is 2.32. The molecular formula is C35H36Cl3N3O4S. The first kappa shape index (κ1) is 35.3. The maximum Gasteiger partial charge on any atom is 0.264 e. The molecule has 0 radical (unpaired) electrons. The number of hydrogen-bond acceptors (Lipinski definition) is 4. The third-order valence-corrected chi connectivity index (χ3v) is 10.0. The van der Waals surface area contributed by atoms with Crippen LogP contribution in [0.4, 0.5) is 5.69 Å². The van der Waals surface area contributed by atoms with Crippen LogP contribution in [0.3, 0.4) is 0 Å². The first-order chi connectivity index (χ1) is 21.9. The Morgan fingerprint density at radius 3 is 2.13 bits per heavy atom. The van der Waals surface area contributed by atoms with Crippen LogP contribution in [0.1, 0.15) is 30.5 Å². The molecule has 0 bridgehead atoms. The van der Waals surface area contributed by atoms with E-state index in [1.807, 2.05) is 51.1 Å². The van der Waals surface area contributed by atoms with Crippen LogP contribution in [0, 0.1) is 12.8 Å². The van der Waals surface area contributed by atoms with E-state index >= 15 is 0 Å². The molecule has 0 aliphatic rings. The van der Waals surface area contributed by atoms with Crippen molar-refractivity contribution in [2.45, 2.75) is 44.7 Å². The molecule has 0 unspecified atom stereocenters. The monoisotopic (exact) mass is 699 g/mol. The molecule has 0 heterocycles. The Labute approximate surface area is 286 Å². The minimum Gasteiger partial charge on any atom is -0.354 e. The predicted molar refractivity (Wildman–Crippen MR) is 186 cm³/mol. The van der Waals surface area contributed by atoms with Gasteiger partial charge in [-0.3, -0.25) is 13.9 Å². The number of amides is 2. The van der Waals surface area contributed by atoms with Gasteiger partial charge in [-0.2, -0.15) is 0 Å². The molecule has 0 spiro atoms. The van der Waals surface area contributed by atoms with E-state index in [0.717, 1.165) is 15.4 Å². The summed E-state index contributed by atoms with van der Waals surface area (Å²) in [6, 6.07) is 26.1. The second-order valence-electron chi connectivity index (χ2n) is 11.4. The zero-order chi connectivity index (χ0) is 33.4. The van der Waals surface area contributed by atoms with Gasteiger partial charge in [-0.1, -0.05) is 115 Å². The summed E-state index contributed by atoms with van der Waals surface area (Å²) >= 11 is 19.4. The van der Waals surface area contributed by atoms with Crippen LogP contribution in [0.5, 0.6) is 0 Å². The van der Waals surface area contributed by atoms with Crippen molar-refractivity contribution in [2.75, 3.05) is 17.4 Å². The third kappa shape index (κ3) is 9.04. The molecule has 4 aromatic rings. The molecule has 0 fully saturated rings. The van der Waals surface area contributed by atoms with Crippen molar-refractivity contribution in [2.24, 2.45) is 5.92 Å². The number of benzene rings is 4. The normalized spacial score (nSPS) is 12.1. The van der Waals surface area contributed by atoms with Crippen molar-refractivity contribution >= 4 is 62.3 Å². The quantitative estimate of drug-likeness (QED) is 0.156. The number of nitrogens with one attached hydrogen (secondary N) is 1. The zero-order valence-corrected chi connectivity index (χ0v) is 28.9. The Morgan fingerprint density at radius 2 is 1.48 bits per heavy atom. The lowest BCUT2D eigenvalue weighted by molar-refractivity contribution is -0.140. The summed E-state index contributed by atoms with van der Waals surface area (Å²) in [4.78, 5) is 29.8. The average Bonchev–Trinajstić information content (AvgIpc) is 3.03. The van der Waals surface area contributed by atoms with E-state index in [0.29, 0.717) is 17.1 Å². The SMILES string of the molecule is Cc1ccc(S(=O)(=O)N(CC(=O)N(Cc2ccccc2Cl)[C@H](Cc2ccccc2)C(=O)NCC(C)C)c2cc(Cl)ccc2Cl)cc1. The number of anilines is 1. The number of hydrogen-bond donors (Lipinski definition) is 1. The van der Waals surface area contributed by atoms with E-state index in [-0.39, 0.29) is 45.4 Å². The number of carbonyl (C=O) groups is 2. The van der Waals surface area contributed by atoms with Gasteiger partial charge in [-0.25, -0.2) is 8.42 Å². The summed E-state index contributed by atoms with van der Waals surface area (Å²) in [5.74, 6) is -0.840. The second kappa shape index (κ2) is 15.8. The first-order valence-electron chi connectivity index (χ1n) is 14.8. The van der Waals surface area contributed by atoms with Crippen molar-refractivity contribution in [1.29, 1.82) is 0 Å². The predicted octanol–water partition coefficient (Wildman–Crippen LogP) is 7.56. The Morgan fingerprint density at radius 1 is 0.826 bits per heavy atom. The van der Waals surface area contributed by atoms with E-state index in [1.54, 1.807) is 36.4 Å². The van der Waals surface area contributed by atoms with Crippen molar-refractivity contribution in [3.63, 3.8) is 0 Å². The van der Waals surface area contributed by atoms with Gasteiger partial charge in [-0.15, -0.1) is 0 Å². The van der Waals surface area contributed by atoms with Crippen LogP contribution in [0.25, 0.3) is 0 Å². The summed E-state index contributed by atoms with van der Waals surface area (Å²) in [7, 11) is -4.33. The molecular weight excluding hydrogens is 665 g/mol. The molecule has 0 saturated carbocycles. The molecule has 1 atom stereocenters. The molecule has 46 heavy (non-hydrogen) atoms. The fourth-order valence-corrected chi connectivity index (χ4v) is 6.87. The molecule has 4 rings (SSSR count). The van der Waals surface area contributed by atoms with Gasteiger partial charge in [0.1, 0.15) is 12.6 Å². The largest absolute Gasteiger partial charge is 0.354 e. The Balaban J connectivity index is 1.84. The van der Waals surface area contributed by atoms with Crippen LogP contribution in [0.2, 0.25) is 15.1 Å². The first-order valence-corrected chi connectivity index (χ1v) is 17.3. The molecule has 0 saturated heterocycles. The van der Waals surface area contributed by atoms with E-state index < -0.39 is 28.5 Å². The lowest BCUT2D eigenvalue weighted by Crippen LogP contribution is -2.53. The second-order valence-corrected chi connectivity index (χ2v) is 14.5. The van der Waals surface area contributed by atoms with Crippen molar-refractivity contribution in [1.82, 2.24) is 10.2 Å². The maximum absolute atomic E-state index is 14.6. The van der Waals surface area contributed by atoms with Gasteiger partial charge in [0, 0.05) is 29.6 Å². The maximum atomic E-state index is 14.6. The number of nitrogens with zero attached hydrogens (tertiary/aromatic N) is 2. The summed E-state index contributed by atoms with van der Waals surface area (Å²) in [6.07, 6.45) is 0.184. The van der Waals surface area contributed by atoms with E-state index in [2.05, 4.69) is 5.32 Å². The van der Waals surface area contributed by atoms with Crippen LogP contribution in [0.15, 0.2) is 102 Å². The Hall–Kier alpha value is -3.56. The minimum absolute atomic E-state index is 0.0321. The van der Waals surface area contributed by atoms with Gasteiger partial charge in [0.15, 0.2) is 0 Å². The third-order valence-electron chi connectivity index (χ3n) is 7.32. The highest BCUT2D eigenvalue weighted by molar-refractivity contribution is 7.92. The van der Waals surface area contributed by atoms with Crippen molar-refractivity contribution in [3.8, 4) is 0 Å². The van der Waals surface area contributed by atoms with Gasteiger partial charge in [-0.05, 0) is 60.4 Å². The number of carbonyl (C=O) groups excluding carboxylic acids is 2. The van der Waals surface area contributed by atoms with Crippen LogP contribution in [-0.2, 0) is 32.6 Å². The van der Waals surface area contributed by atoms with Gasteiger partial charge in [0.05, 0.1) is 15.6 Å². The van der Waals surface area contributed by atoms with Crippen LogP contribution in [-0.4, -0.2) is 44.3 Å². The number of aryl methyl sites for hydroxylation is 1. The fraction of sp³-hybridized carbons (Fsp3) is 0.257. The molecule has 0 aliphatic carbocycles. The van der Waals surface area contributed by atoms with E-state index in [4.69, 9.17) is 34.8 Å². The molecule has 0 aliphatic heterocycles. The smallest absolute Gasteiger partial charge is 0.264 e. The summed E-state index contributed by atoms with van der Waals surface area (Å²) in [5, 5.41) is 3.69. The van der Waals surface area contributed by atoms with Gasteiger partial charge >= 0.3 is 0 Å². The van der Waals surface area contributed by atoms with Crippen LogP contribution < -0.4 is 9.62 Å². The molecule has 7 nitrogen and oxygen atoms in total. The highest BCUT2D eigenvalue weighted by Gasteiger charge is 2.35. The summed E-state index contributed by atoms with van der Waals surface area (Å²) < 4.78 is 29.4. The Kier molecular flexibility index (Phi) is 12.1. The topological polar surface area (TPSA) is 86.8 Å². The molecule has 11 heteroatoms. The van der Waals surface area contributed by atoms with Crippen molar-refractivity contribution in [3.05, 3.63) is 129 Å². The minimum atomic E-state index is -4.33. The standard InChI is InChI=1S/C35H36Cl3N3O4S/c1-24(2)21-39-35(43)33(19-26-9-5-4-6-10-26)40(22-27-11-7-8-12-30(27)37)34(42)23-41(32-20-28(36)15-18-31(32)38)46(44,45)29-16-13-25(3)14-17-29/h4-18,20,24,33H,19,21-23H2,1-3H3,(H,39,43)/t33-/m1/s1. The van der Waals surface area contributed by atoms with Crippen LogP contribution >= 0.6 is 34.8 Å². The number of halogens is 3. The molecule has 242 valence electrons. The lowest BCUT2D eigenvalue weighted by atomic mass is 10.0. The Bertz CT molecular complexity index is 1770. The van der Waals surface area contributed by atoms with Crippen molar-refractivity contribution < 1.29 is 18.0 Å². The average molecular weight is 701 g/mol. The van der Waals surface area contributed by atoms with Gasteiger partial charge in [0.25, 0.3) is 10.0 Å². The fourth-order valence-electron chi connectivity index (χ4n) is 4.81. The lowest BCUT2D eigenvalue weighted by Gasteiger charge is -2.34. The number of rotatable bonds is 13. The zero-order valence-electron chi connectivity index (χ0n) is 25.8. The van der Waals surface area contributed by atoms with Gasteiger partial charge < -0.3 is 10.2 Å². The molecule has 4 aromatic carbocycles. The highest BCUT2D eigenvalue weighted by Crippen LogP contribution is 2.33. The number of sulfonamides is 1. The van der Waals surface area contributed by atoms with E-state index in [1.165, 1.54) is 35.2 Å². The molecule has 1 N–H and O–H groups in total. The molecule has 0 aromatic heterocycles. The summed E-state index contributed by atoms with van der Waals surface area (Å²) in [6.45, 7) is 5.47.